The van der Waals surface area contributed by atoms with Crippen molar-refractivity contribution in [1.29, 1.82) is 0 Å². The highest BCUT2D eigenvalue weighted by molar-refractivity contribution is 6.30. The normalized spacial score (nSPS) is 12.3. The molecule has 112 valence electrons. The Kier molecular flexibility index (Phi) is 4.56. The molecule has 3 N–H and O–H groups in total. The molecule has 0 radical (unpaired) electrons. The number of quaternary nitrogens is 1. The molecule has 3 rings (SSSR count). The van der Waals surface area contributed by atoms with Gasteiger partial charge < -0.3 is 5.32 Å². The number of nitrogens with one attached hydrogen (secondary N) is 1. The van der Waals surface area contributed by atoms with E-state index in [1.807, 2.05) is 36.5 Å². The maximum Gasteiger partial charge on any atom is 0.109 e. The van der Waals surface area contributed by atoms with E-state index >= 15 is 0 Å². The summed E-state index contributed by atoms with van der Waals surface area (Å²) in [6.45, 7) is 3.10. The maximum atomic E-state index is 5.95. The number of rotatable bonds is 5. The Balaban J connectivity index is 1.72. The molecular weight excluding hydrogens is 294 g/mol. The molecule has 0 aliphatic rings. The molecule has 3 aromatic rings. The molecule has 0 amide bonds. The summed E-state index contributed by atoms with van der Waals surface area (Å²) in [7, 11) is 0. The molecule has 4 heteroatoms. The second-order valence-corrected chi connectivity index (χ2v) is 5.85. The number of benzene rings is 2. The molecular formula is C18H19ClN3+. The molecule has 22 heavy (non-hydrogen) atoms. The highest BCUT2D eigenvalue weighted by Gasteiger charge is 2.12. The number of nitrogens with zero attached hydrogens (tertiary/aromatic N) is 1. The summed E-state index contributed by atoms with van der Waals surface area (Å²) in [4.78, 5) is 0. The van der Waals surface area contributed by atoms with E-state index in [1.165, 1.54) is 11.1 Å². The second kappa shape index (κ2) is 6.77. The molecule has 0 fully saturated rings. The molecule has 2 aromatic carbocycles. The Morgan fingerprint density at radius 3 is 2.55 bits per heavy atom. The number of hydrogen-bond donors (Lipinski definition) is 2. The first kappa shape index (κ1) is 14.8. The number of hydrogen-bond acceptors (Lipinski definition) is 1. The van der Waals surface area contributed by atoms with Crippen molar-refractivity contribution in [2.45, 2.75) is 19.5 Å². The average Bonchev–Trinajstić information content (AvgIpc) is 3.02. The lowest BCUT2D eigenvalue weighted by molar-refractivity contribution is -0.707. The lowest BCUT2D eigenvalue weighted by Crippen LogP contribution is -2.83. The number of halogens is 1. The predicted molar refractivity (Wildman–Crippen MR) is 89.5 cm³/mol. The van der Waals surface area contributed by atoms with Crippen LogP contribution >= 0.6 is 11.6 Å². The van der Waals surface area contributed by atoms with Crippen molar-refractivity contribution in [1.82, 2.24) is 10.2 Å². The minimum atomic E-state index is 0.411. The predicted octanol–water partition coefficient (Wildman–Crippen LogP) is 3.55. The van der Waals surface area contributed by atoms with E-state index < -0.39 is 0 Å². The van der Waals surface area contributed by atoms with Crippen LogP contribution in [0.3, 0.4) is 0 Å². The van der Waals surface area contributed by atoms with Crippen LogP contribution < -0.4 is 5.32 Å². The number of H-pyrrole nitrogens is 1. The van der Waals surface area contributed by atoms with Gasteiger partial charge >= 0.3 is 0 Å². The van der Waals surface area contributed by atoms with Gasteiger partial charge in [-0.25, -0.2) is 0 Å². The molecule has 0 aliphatic carbocycles. The zero-order valence-corrected chi connectivity index (χ0v) is 13.2. The van der Waals surface area contributed by atoms with Crippen LogP contribution in [0.15, 0.2) is 60.8 Å². The molecule has 0 saturated carbocycles. The van der Waals surface area contributed by atoms with Crippen molar-refractivity contribution in [2.24, 2.45) is 0 Å². The minimum Gasteiger partial charge on any atom is -0.336 e. The largest absolute Gasteiger partial charge is 0.336 e. The van der Waals surface area contributed by atoms with E-state index in [2.05, 4.69) is 46.7 Å². The van der Waals surface area contributed by atoms with Gasteiger partial charge in [-0.05, 0) is 19.1 Å². The summed E-state index contributed by atoms with van der Waals surface area (Å²) >= 11 is 5.95. The summed E-state index contributed by atoms with van der Waals surface area (Å²) in [6.07, 6.45) is 1.90. The van der Waals surface area contributed by atoms with E-state index in [9.17, 15) is 0 Å². The van der Waals surface area contributed by atoms with Gasteiger partial charge in [-0.2, -0.15) is 5.10 Å². The zero-order chi connectivity index (χ0) is 15.4. The number of aromatic nitrogens is 2. The van der Waals surface area contributed by atoms with Crippen LogP contribution in [0.2, 0.25) is 5.02 Å². The standard InChI is InChI=1S/C18H18ClN3/c1-13(14-5-3-2-4-6-14)20-11-16-12-21-22-18(16)15-7-9-17(19)10-8-15/h2-10,12-13,20H,11H2,1H3,(H,21,22)/p+1/t13-/m1/s1. The van der Waals surface area contributed by atoms with E-state index in [4.69, 9.17) is 11.6 Å². The molecule has 1 aromatic heterocycles. The first-order chi connectivity index (χ1) is 10.7. The smallest absolute Gasteiger partial charge is 0.109 e. The molecule has 0 aliphatic heterocycles. The topological polar surface area (TPSA) is 45.3 Å². The molecule has 0 bridgehead atoms. The molecule has 0 spiro atoms. The average molecular weight is 313 g/mol. The van der Waals surface area contributed by atoms with Crippen LogP contribution in [0.1, 0.15) is 24.1 Å². The summed E-state index contributed by atoms with van der Waals surface area (Å²) < 4.78 is 0. The fraction of sp³-hybridized carbons (Fsp3) is 0.167. The monoisotopic (exact) mass is 312 g/mol. The van der Waals surface area contributed by atoms with Gasteiger partial charge in [0.1, 0.15) is 12.6 Å². The van der Waals surface area contributed by atoms with Gasteiger partial charge in [-0.3, -0.25) is 5.10 Å². The maximum absolute atomic E-state index is 5.95. The highest BCUT2D eigenvalue weighted by Crippen LogP contribution is 2.22. The second-order valence-electron chi connectivity index (χ2n) is 5.42. The molecule has 1 atom stereocenters. The number of nitrogens with two attached hydrogens (primary N) is 1. The number of aromatic amines is 1. The van der Waals surface area contributed by atoms with Crippen molar-refractivity contribution < 1.29 is 5.32 Å². The van der Waals surface area contributed by atoms with Crippen molar-refractivity contribution in [3.8, 4) is 11.3 Å². The molecule has 0 saturated heterocycles. The van der Waals surface area contributed by atoms with E-state index in [0.29, 0.717) is 6.04 Å². The van der Waals surface area contributed by atoms with Crippen LogP contribution in [0.4, 0.5) is 0 Å². The molecule has 0 unspecified atom stereocenters. The quantitative estimate of drug-likeness (QED) is 0.743. The zero-order valence-electron chi connectivity index (χ0n) is 12.5. The Hall–Kier alpha value is -2.10. The van der Waals surface area contributed by atoms with Gasteiger partial charge in [0.2, 0.25) is 0 Å². The fourth-order valence-electron chi connectivity index (χ4n) is 2.53. The van der Waals surface area contributed by atoms with Gasteiger partial charge in [0.25, 0.3) is 0 Å². The minimum absolute atomic E-state index is 0.411. The van der Waals surface area contributed by atoms with Crippen LogP contribution in [0.25, 0.3) is 11.3 Å². The van der Waals surface area contributed by atoms with Crippen molar-refractivity contribution in [3.63, 3.8) is 0 Å². The third-order valence-electron chi connectivity index (χ3n) is 3.87. The third kappa shape index (κ3) is 3.38. The molecule has 3 nitrogen and oxygen atoms in total. The van der Waals surface area contributed by atoms with E-state index in [0.717, 1.165) is 22.8 Å². The SMILES string of the molecule is C[C@@H]([NH2+]Cc1cn[nH]c1-c1ccc(Cl)cc1)c1ccccc1. The van der Waals surface area contributed by atoms with Crippen molar-refractivity contribution >= 4 is 11.6 Å². The van der Waals surface area contributed by atoms with Gasteiger partial charge in [-0.15, -0.1) is 0 Å². The fourth-order valence-corrected chi connectivity index (χ4v) is 2.65. The summed E-state index contributed by atoms with van der Waals surface area (Å²) in [6, 6.07) is 18.8. The van der Waals surface area contributed by atoms with E-state index in [1.54, 1.807) is 0 Å². The van der Waals surface area contributed by atoms with Crippen LogP contribution in [0, 0.1) is 0 Å². The Morgan fingerprint density at radius 2 is 1.82 bits per heavy atom. The van der Waals surface area contributed by atoms with Gasteiger partial charge in [0.05, 0.1) is 17.5 Å². The van der Waals surface area contributed by atoms with Crippen molar-refractivity contribution in [2.75, 3.05) is 0 Å². The van der Waals surface area contributed by atoms with Crippen LogP contribution in [-0.2, 0) is 6.54 Å². The lowest BCUT2D eigenvalue weighted by Gasteiger charge is -2.11. The Labute approximate surface area is 135 Å². The van der Waals surface area contributed by atoms with Crippen LogP contribution in [-0.4, -0.2) is 10.2 Å². The van der Waals surface area contributed by atoms with Crippen LogP contribution in [0.5, 0.6) is 0 Å². The van der Waals surface area contributed by atoms with Crippen molar-refractivity contribution in [3.05, 3.63) is 76.9 Å². The third-order valence-corrected chi connectivity index (χ3v) is 4.12. The lowest BCUT2D eigenvalue weighted by atomic mass is 10.1. The highest BCUT2D eigenvalue weighted by atomic mass is 35.5. The van der Waals surface area contributed by atoms with E-state index in [-0.39, 0.29) is 0 Å². The first-order valence-electron chi connectivity index (χ1n) is 7.40. The summed E-state index contributed by atoms with van der Waals surface area (Å²) in [5, 5.41) is 10.3. The van der Waals surface area contributed by atoms with Gasteiger partial charge in [-0.1, -0.05) is 54.1 Å². The first-order valence-corrected chi connectivity index (χ1v) is 7.78. The Bertz CT molecular complexity index is 720. The molecule has 1 heterocycles. The Morgan fingerprint density at radius 1 is 1.09 bits per heavy atom. The van der Waals surface area contributed by atoms with Gasteiger partial charge in [0, 0.05) is 16.1 Å². The summed E-state index contributed by atoms with van der Waals surface area (Å²) in [5.74, 6) is 0. The van der Waals surface area contributed by atoms with Gasteiger partial charge in [0.15, 0.2) is 0 Å². The summed E-state index contributed by atoms with van der Waals surface area (Å²) in [5.41, 5.74) is 4.70.